The Balaban J connectivity index is 1.82. The molecule has 0 unspecified atom stereocenters. The largest absolute Gasteiger partial charge is 0.370 e. The summed E-state index contributed by atoms with van der Waals surface area (Å²) in [7, 11) is 3.89. The van der Waals surface area contributed by atoms with Gasteiger partial charge in [0.05, 0.1) is 23.5 Å². The predicted molar refractivity (Wildman–Crippen MR) is 64.8 cm³/mol. The van der Waals surface area contributed by atoms with Gasteiger partial charge in [0.1, 0.15) is 0 Å². The molecule has 0 aromatic carbocycles. The van der Waals surface area contributed by atoms with Gasteiger partial charge in [-0.05, 0) is 33.9 Å². The van der Waals surface area contributed by atoms with E-state index in [2.05, 4.69) is 0 Å². The Bertz CT molecular complexity index is 409. The highest BCUT2D eigenvalue weighted by atomic mass is 16.5. The number of amides is 2. The van der Waals surface area contributed by atoms with Crippen LogP contribution in [-0.2, 0) is 14.3 Å². The van der Waals surface area contributed by atoms with Crippen LogP contribution in [0.2, 0.25) is 0 Å². The molecule has 3 aliphatic rings. The maximum absolute atomic E-state index is 12.4. The lowest BCUT2D eigenvalue weighted by Crippen LogP contribution is -2.41. The average Bonchev–Trinajstić information content (AvgIpc) is 2.87. The first kappa shape index (κ1) is 12.1. The zero-order valence-corrected chi connectivity index (χ0v) is 11.2. The summed E-state index contributed by atoms with van der Waals surface area (Å²) in [6.45, 7) is 3.21. The van der Waals surface area contributed by atoms with Crippen molar-refractivity contribution in [1.29, 1.82) is 0 Å². The van der Waals surface area contributed by atoms with Crippen molar-refractivity contribution >= 4 is 11.8 Å². The Labute approximate surface area is 107 Å². The van der Waals surface area contributed by atoms with E-state index in [-0.39, 0.29) is 29.8 Å². The number of hydrogen-bond acceptors (Lipinski definition) is 4. The van der Waals surface area contributed by atoms with Crippen LogP contribution >= 0.6 is 0 Å². The van der Waals surface area contributed by atoms with Gasteiger partial charge < -0.3 is 9.64 Å². The van der Waals surface area contributed by atoms with E-state index in [9.17, 15) is 9.59 Å². The van der Waals surface area contributed by atoms with Gasteiger partial charge in [-0.1, -0.05) is 0 Å². The summed E-state index contributed by atoms with van der Waals surface area (Å²) in [5.74, 6) is -0.471. The minimum atomic E-state index is -0.394. The normalized spacial score (nSPS) is 42.2. The highest BCUT2D eigenvalue weighted by Crippen LogP contribution is 2.54. The smallest absolute Gasteiger partial charge is 0.236 e. The van der Waals surface area contributed by atoms with Crippen LogP contribution in [0.3, 0.4) is 0 Å². The molecule has 5 nitrogen and oxygen atoms in total. The molecular formula is C13H20N2O3. The molecule has 0 saturated carbocycles. The second-order valence-electron chi connectivity index (χ2n) is 6.14. The average molecular weight is 252 g/mol. The lowest BCUT2D eigenvalue weighted by Gasteiger charge is -2.26. The fourth-order valence-corrected chi connectivity index (χ4v) is 3.66. The van der Waals surface area contributed by atoms with Gasteiger partial charge in [-0.2, -0.15) is 0 Å². The summed E-state index contributed by atoms with van der Waals surface area (Å²) in [5, 5.41) is 0. The maximum atomic E-state index is 12.4. The third kappa shape index (κ3) is 1.47. The van der Waals surface area contributed by atoms with Gasteiger partial charge in [-0.25, -0.2) is 0 Å². The highest BCUT2D eigenvalue weighted by Gasteiger charge is 2.67. The minimum Gasteiger partial charge on any atom is -0.370 e. The van der Waals surface area contributed by atoms with E-state index < -0.39 is 5.60 Å². The van der Waals surface area contributed by atoms with Crippen molar-refractivity contribution < 1.29 is 14.3 Å². The molecule has 2 bridgehead atoms. The number of fused-ring (bicyclic) bond motifs is 5. The molecule has 2 amide bonds. The monoisotopic (exact) mass is 252 g/mol. The molecule has 4 atom stereocenters. The second-order valence-corrected chi connectivity index (χ2v) is 6.14. The predicted octanol–water partition coefficient (Wildman–Crippen LogP) is 0.100. The standard InChI is InChI=1S/C13H20N2O3/c1-13-5-4-8(18-13)9-10(13)12(17)15(11(9)16)7-6-14(2)3/h8-10H,4-7H2,1-3H3/t8-,9-,10-,13-/m1/s1. The third-order valence-corrected chi connectivity index (χ3v) is 4.62. The van der Waals surface area contributed by atoms with Crippen LogP contribution in [0.4, 0.5) is 0 Å². The number of likely N-dealkylation sites (tertiary alicyclic amines) is 1. The van der Waals surface area contributed by atoms with E-state index in [4.69, 9.17) is 4.74 Å². The van der Waals surface area contributed by atoms with Gasteiger partial charge in [-0.3, -0.25) is 14.5 Å². The number of carbonyl (C=O) groups excluding carboxylic acids is 2. The van der Waals surface area contributed by atoms with Gasteiger partial charge in [0, 0.05) is 13.1 Å². The zero-order valence-electron chi connectivity index (χ0n) is 11.2. The number of ether oxygens (including phenoxy) is 1. The number of likely N-dealkylation sites (N-methyl/N-ethyl adjacent to an activating group) is 1. The van der Waals surface area contributed by atoms with Crippen LogP contribution < -0.4 is 0 Å². The molecule has 0 spiro atoms. The van der Waals surface area contributed by atoms with Crippen molar-refractivity contribution in [2.75, 3.05) is 27.2 Å². The lowest BCUT2D eigenvalue weighted by molar-refractivity contribution is -0.144. The number of hydrogen-bond donors (Lipinski definition) is 0. The number of carbonyl (C=O) groups is 2. The second kappa shape index (κ2) is 3.78. The Morgan fingerprint density at radius 3 is 2.72 bits per heavy atom. The Morgan fingerprint density at radius 1 is 1.39 bits per heavy atom. The summed E-state index contributed by atoms with van der Waals surface area (Å²) in [4.78, 5) is 28.2. The molecule has 3 rings (SSSR count). The first-order valence-corrected chi connectivity index (χ1v) is 6.62. The quantitative estimate of drug-likeness (QED) is 0.669. The van der Waals surface area contributed by atoms with E-state index in [0.717, 1.165) is 19.4 Å². The van der Waals surface area contributed by atoms with Crippen LogP contribution in [0, 0.1) is 11.8 Å². The highest BCUT2D eigenvalue weighted by molar-refractivity contribution is 6.06. The summed E-state index contributed by atoms with van der Waals surface area (Å²) in [6.07, 6.45) is 1.79. The van der Waals surface area contributed by atoms with Gasteiger partial charge in [0.25, 0.3) is 0 Å². The topological polar surface area (TPSA) is 49.9 Å². The van der Waals surface area contributed by atoms with Crippen LogP contribution in [0.5, 0.6) is 0 Å². The molecule has 0 aliphatic carbocycles. The van der Waals surface area contributed by atoms with Gasteiger partial charge in [0.2, 0.25) is 11.8 Å². The van der Waals surface area contributed by atoms with Crippen LogP contribution in [-0.4, -0.2) is 60.5 Å². The fourth-order valence-electron chi connectivity index (χ4n) is 3.66. The van der Waals surface area contributed by atoms with E-state index in [1.807, 2.05) is 25.9 Å². The van der Waals surface area contributed by atoms with Crippen LogP contribution in [0.15, 0.2) is 0 Å². The zero-order chi connectivity index (χ0) is 13.1. The molecule has 0 aromatic heterocycles. The molecule has 18 heavy (non-hydrogen) atoms. The van der Waals surface area contributed by atoms with Crippen molar-refractivity contribution in [1.82, 2.24) is 9.80 Å². The summed E-state index contributed by atoms with van der Waals surface area (Å²) < 4.78 is 5.86. The lowest BCUT2D eigenvalue weighted by atomic mass is 9.74. The SMILES string of the molecule is CN(C)CCN1C(=O)[C@@H]2[C@H]3CC[C@@](C)(O3)[C@H]2C1=O. The van der Waals surface area contributed by atoms with Crippen molar-refractivity contribution in [3.8, 4) is 0 Å². The fraction of sp³-hybridized carbons (Fsp3) is 0.846. The Morgan fingerprint density at radius 2 is 2.11 bits per heavy atom. The first-order valence-electron chi connectivity index (χ1n) is 6.62. The van der Waals surface area contributed by atoms with Crippen molar-refractivity contribution in [3.63, 3.8) is 0 Å². The summed E-state index contributed by atoms with van der Waals surface area (Å²) >= 11 is 0. The molecule has 5 heteroatoms. The molecule has 0 radical (unpaired) electrons. The summed E-state index contributed by atoms with van der Waals surface area (Å²) in [5.41, 5.74) is -0.394. The molecule has 100 valence electrons. The van der Waals surface area contributed by atoms with E-state index in [0.29, 0.717) is 6.54 Å². The molecule has 3 heterocycles. The van der Waals surface area contributed by atoms with Gasteiger partial charge in [-0.15, -0.1) is 0 Å². The van der Waals surface area contributed by atoms with E-state index in [1.54, 1.807) is 0 Å². The molecule has 0 N–H and O–H groups in total. The molecule has 0 aromatic rings. The van der Waals surface area contributed by atoms with Crippen LogP contribution in [0.1, 0.15) is 19.8 Å². The Hall–Kier alpha value is -0.940. The van der Waals surface area contributed by atoms with Gasteiger partial charge in [0.15, 0.2) is 0 Å². The van der Waals surface area contributed by atoms with Crippen LogP contribution in [0.25, 0.3) is 0 Å². The Kier molecular flexibility index (Phi) is 2.54. The molecule has 3 saturated heterocycles. The summed E-state index contributed by atoms with van der Waals surface area (Å²) in [6, 6.07) is 0. The third-order valence-electron chi connectivity index (χ3n) is 4.62. The maximum Gasteiger partial charge on any atom is 0.236 e. The number of rotatable bonds is 3. The molecule has 3 fully saturated rings. The minimum absolute atomic E-state index is 0.0136. The van der Waals surface area contributed by atoms with Crippen molar-refractivity contribution in [2.24, 2.45) is 11.8 Å². The van der Waals surface area contributed by atoms with Crippen molar-refractivity contribution in [3.05, 3.63) is 0 Å². The number of nitrogens with zero attached hydrogens (tertiary/aromatic N) is 2. The molecular weight excluding hydrogens is 232 g/mol. The van der Waals surface area contributed by atoms with E-state index >= 15 is 0 Å². The molecule has 3 aliphatic heterocycles. The van der Waals surface area contributed by atoms with Gasteiger partial charge >= 0.3 is 0 Å². The van der Waals surface area contributed by atoms with E-state index in [1.165, 1.54) is 4.90 Å². The van der Waals surface area contributed by atoms with Crippen molar-refractivity contribution in [2.45, 2.75) is 31.5 Å². The first-order chi connectivity index (χ1) is 8.44. The number of imide groups is 1.